The number of hydrogen-bond donors (Lipinski definition) is 2. The van der Waals surface area contributed by atoms with Gasteiger partial charge in [0.25, 0.3) is 5.91 Å². The molecule has 0 saturated carbocycles. The SMILES string of the molecule is CC1C(=O)NCc2c(CNC(=O)c3ccccc3)nnn21. The Labute approximate surface area is 121 Å². The minimum Gasteiger partial charge on any atom is -0.349 e. The normalized spacial score (nSPS) is 17.0. The van der Waals surface area contributed by atoms with Crippen molar-refractivity contribution < 1.29 is 9.59 Å². The zero-order valence-electron chi connectivity index (χ0n) is 11.5. The second-order valence-corrected chi connectivity index (χ2v) is 4.87. The topological polar surface area (TPSA) is 88.9 Å². The van der Waals surface area contributed by atoms with Gasteiger partial charge >= 0.3 is 0 Å². The largest absolute Gasteiger partial charge is 0.349 e. The van der Waals surface area contributed by atoms with E-state index in [0.717, 1.165) is 5.69 Å². The summed E-state index contributed by atoms with van der Waals surface area (Å²) in [5.41, 5.74) is 2.10. The molecule has 0 aliphatic carbocycles. The summed E-state index contributed by atoms with van der Waals surface area (Å²) in [7, 11) is 0. The summed E-state index contributed by atoms with van der Waals surface area (Å²) in [6, 6.07) is 8.60. The first-order chi connectivity index (χ1) is 10.2. The molecule has 7 nitrogen and oxygen atoms in total. The predicted molar refractivity (Wildman–Crippen MR) is 74.2 cm³/mol. The van der Waals surface area contributed by atoms with E-state index in [2.05, 4.69) is 20.9 Å². The van der Waals surface area contributed by atoms with Crippen molar-refractivity contribution in [1.29, 1.82) is 0 Å². The molecule has 0 fully saturated rings. The number of nitrogens with zero attached hydrogens (tertiary/aromatic N) is 3. The summed E-state index contributed by atoms with van der Waals surface area (Å²) < 4.78 is 1.60. The number of carbonyl (C=O) groups excluding carboxylic acids is 2. The molecule has 1 aliphatic rings. The molecule has 1 aliphatic heterocycles. The molecule has 21 heavy (non-hydrogen) atoms. The number of hydrogen-bond acceptors (Lipinski definition) is 4. The molecule has 108 valence electrons. The third-order valence-corrected chi connectivity index (χ3v) is 3.50. The summed E-state index contributed by atoms with van der Waals surface area (Å²) in [6.07, 6.45) is 0. The van der Waals surface area contributed by atoms with Gasteiger partial charge < -0.3 is 10.6 Å². The van der Waals surface area contributed by atoms with Crippen LogP contribution in [0.5, 0.6) is 0 Å². The van der Waals surface area contributed by atoms with Gasteiger partial charge in [0.05, 0.1) is 18.8 Å². The summed E-state index contributed by atoms with van der Waals surface area (Å²) in [4.78, 5) is 23.5. The van der Waals surface area contributed by atoms with Crippen molar-refractivity contribution in [2.24, 2.45) is 0 Å². The third-order valence-electron chi connectivity index (χ3n) is 3.50. The van der Waals surface area contributed by atoms with E-state index in [1.54, 1.807) is 23.7 Å². The van der Waals surface area contributed by atoms with Crippen molar-refractivity contribution in [2.75, 3.05) is 0 Å². The van der Waals surface area contributed by atoms with Crippen LogP contribution in [0.2, 0.25) is 0 Å². The zero-order chi connectivity index (χ0) is 14.8. The Kier molecular flexibility index (Phi) is 3.39. The monoisotopic (exact) mass is 285 g/mol. The van der Waals surface area contributed by atoms with Crippen LogP contribution >= 0.6 is 0 Å². The number of benzene rings is 1. The van der Waals surface area contributed by atoms with E-state index in [1.807, 2.05) is 18.2 Å². The summed E-state index contributed by atoms with van der Waals surface area (Å²) in [6.45, 7) is 2.43. The summed E-state index contributed by atoms with van der Waals surface area (Å²) in [5, 5.41) is 13.6. The first kappa shape index (κ1) is 13.3. The second-order valence-electron chi connectivity index (χ2n) is 4.87. The maximum Gasteiger partial charge on any atom is 0.251 e. The Morgan fingerprint density at radius 1 is 1.43 bits per heavy atom. The van der Waals surface area contributed by atoms with E-state index >= 15 is 0 Å². The molecule has 0 radical (unpaired) electrons. The molecule has 2 N–H and O–H groups in total. The van der Waals surface area contributed by atoms with Crippen LogP contribution in [0.15, 0.2) is 30.3 Å². The van der Waals surface area contributed by atoms with Crippen molar-refractivity contribution in [3.63, 3.8) is 0 Å². The summed E-state index contributed by atoms with van der Waals surface area (Å²) in [5.74, 6) is -0.238. The molecule has 1 unspecified atom stereocenters. The van der Waals surface area contributed by atoms with Crippen LogP contribution in [-0.2, 0) is 17.9 Å². The highest BCUT2D eigenvalue weighted by molar-refractivity contribution is 5.94. The Bertz CT molecular complexity index is 680. The lowest BCUT2D eigenvalue weighted by Crippen LogP contribution is -2.38. The van der Waals surface area contributed by atoms with Gasteiger partial charge in [0.15, 0.2) is 0 Å². The first-order valence-corrected chi connectivity index (χ1v) is 6.70. The Morgan fingerprint density at radius 3 is 2.95 bits per heavy atom. The molecule has 2 amide bonds. The number of fused-ring (bicyclic) bond motifs is 1. The maximum atomic E-state index is 12.0. The molecule has 1 atom stereocenters. The second kappa shape index (κ2) is 5.35. The molecule has 0 saturated heterocycles. The molecule has 1 aromatic heterocycles. The lowest BCUT2D eigenvalue weighted by atomic mass is 10.2. The van der Waals surface area contributed by atoms with E-state index in [1.165, 1.54) is 0 Å². The predicted octanol–water partition coefficient (Wildman–Crippen LogP) is 0.399. The Morgan fingerprint density at radius 2 is 2.19 bits per heavy atom. The van der Waals surface area contributed by atoms with Crippen molar-refractivity contribution in [2.45, 2.75) is 26.1 Å². The van der Waals surface area contributed by atoms with Crippen LogP contribution in [0, 0.1) is 0 Å². The van der Waals surface area contributed by atoms with Gasteiger partial charge in [-0.3, -0.25) is 9.59 Å². The van der Waals surface area contributed by atoms with E-state index in [0.29, 0.717) is 17.8 Å². The average molecular weight is 285 g/mol. The fourth-order valence-electron chi connectivity index (χ4n) is 2.26. The first-order valence-electron chi connectivity index (χ1n) is 6.70. The average Bonchev–Trinajstić information content (AvgIpc) is 2.93. The number of amides is 2. The molecule has 0 spiro atoms. The van der Waals surface area contributed by atoms with E-state index < -0.39 is 0 Å². The lowest BCUT2D eigenvalue weighted by molar-refractivity contribution is -0.125. The molecule has 7 heteroatoms. The van der Waals surface area contributed by atoms with Gasteiger partial charge in [0, 0.05) is 5.56 Å². The molecule has 3 rings (SSSR count). The molecular formula is C14H15N5O2. The Hall–Kier alpha value is -2.70. The Balaban J connectivity index is 1.71. The van der Waals surface area contributed by atoms with Crippen molar-refractivity contribution in [1.82, 2.24) is 25.6 Å². The summed E-state index contributed by atoms with van der Waals surface area (Å²) >= 11 is 0. The van der Waals surface area contributed by atoms with Gasteiger partial charge in [-0.1, -0.05) is 23.4 Å². The number of aromatic nitrogens is 3. The molecule has 0 bridgehead atoms. The maximum absolute atomic E-state index is 12.0. The van der Waals surface area contributed by atoms with E-state index in [9.17, 15) is 9.59 Å². The highest BCUT2D eigenvalue weighted by Gasteiger charge is 2.27. The fraction of sp³-hybridized carbons (Fsp3) is 0.286. The van der Waals surface area contributed by atoms with Gasteiger partial charge in [-0.2, -0.15) is 0 Å². The molecule has 2 aromatic rings. The van der Waals surface area contributed by atoms with Crippen LogP contribution in [0.1, 0.15) is 34.7 Å². The van der Waals surface area contributed by atoms with Crippen LogP contribution in [0.25, 0.3) is 0 Å². The van der Waals surface area contributed by atoms with Crippen LogP contribution in [-0.4, -0.2) is 26.8 Å². The van der Waals surface area contributed by atoms with Gasteiger partial charge in [-0.25, -0.2) is 4.68 Å². The van der Waals surface area contributed by atoms with Gasteiger partial charge in [0.2, 0.25) is 5.91 Å². The highest BCUT2D eigenvalue weighted by atomic mass is 16.2. The van der Waals surface area contributed by atoms with E-state index in [4.69, 9.17) is 0 Å². The standard InChI is InChI=1S/C14H15N5O2/c1-9-13(20)16-8-12-11(17-18-19(9)12)7-15-14(21)10-5-3-2-4-6-10/h2-6,9H,7-8H2,1H3,(H,15,21)(H,16,20). The van der Waals surface area contributed by atoms with Crippen molar-refractivity contribution >= 4 is 11.8 Å². The van der Waals surface area contributed by atoms with E-state index in [-0.39, 0.29) is 24.4 Å². The minimum atomic E-state index is -0.375. The third kappa shape index (κ3) is 2.49. The van der Waals surface area contributed by atoms with Gasteiger partial charge in [-0.05, 0) is 19.1 Å². The minimum absolute atomic E-state index is 0.0766. The van der Waals surface area contributed by atoms with Crippen LogP contribution in [0.4, 0.5) is 0 Å². The number of carbonyl (C=O) groups is 2. The molecule has 2 heterocycles. The van der Waals surface area contributed by atoms with Crippen molar-refractivity contribution in [3.8, 4) is 0 Å². The smallest absolute Gasteiger partial charge is 0.251 e. The van der Waals surface area contributed by atoms with Gasteiger partial charge in [0.1, 0.15) is 11.7 Å². The molecule has 1 aromatic carbocycles. The van der Waals surface area contributed by atoms with Crippen molar-refractivity contribution in [3.05, 3.63) is 47.3 Å². The number of nitrogens with one attached hydrogen (secondary N) is 2. The lowest BCUT2D eigenvalue weighted by Gasteiger charge is -2.20. The quantitative estimate of drug-likeness (QED) is 0.854. The van der Waals surface area contributed by atoms with Gasteiger partial charge in [-0.15, -0.1) is 5.10 Å². The zero-order valence-corrected chi connectivity index (χ0v) is 11.5. The molecular weight excluding hydrogens is 270 g/mol. The van der Waals surface area contributed by atoms with Crippen LogP contribution < -0.4 is 10.6 Å². The van der Waals surface area contributed by atoms with Crippen LogP contribution in [0.3, 0.4) is 0 Å². The number of rotatable bonds is 3. The fourth-order valence-corrected chi connectivity index (χ4v) is 2.26. The highest BCUT2D eigenvalue weighted by Crippen LogP contribution is 2.16.